The first kappa shape index (κ1) is 20.6. The molecule has 0 heterocycles. The van der Waals surface area contributed by atoms with Crippen molar-refractivity contribution < 1.29 is 9.69 Å². The van der Waals surface area contributed by atoms with Gasteiger partial charge in [0.1, 0.15) is 5.69 Å². The largest absolute Gasteiger partial charge is 0.378 e. The molecular weight excluding hydrogens is 358 g/mol. The lowest BCUT2D eigenvalue weighted by atomic mass is 9.96. The minimum absolute atomic E-state index is 0.00889. The average Bonchev–Trinajstić information content (AvgIpc) is 2.74. The van der Waals surface area contributed by atoms with Gasteiger partial charge in [-0.05, 0) is 47.5 Å². The van der Waals surface area contributed by atoms with Crippen LogP contribution in [0.25, 0.3) is 0 Å². The molecule has 0 saturated carbocycles. The van der Waals surface area contributed by atoms with Gasteiger partial charge in [-0.3, -0.25) is 4.79 Å². The van der Waals surface area contributed by atoms with Crippen LogP contribution in [0.5, 0.6) is 0 Å². The molecule has 0 aliphatic rings. The van der Waals surface area contributed by atoms with E-state index in [1.807, 2.05) is 56.4 Å². The molecule has 0 bridgehead atoms. The molecule has 3 aromatic rings. The van der Waals surface area contributed by atoms with Crippen molar-refractivity contribution in [2.75, 3.05) is 40.1 Å². The van der Waals surface area contributed by atoms with Gasteiger partial charge in [-0.25, -0.2) is 0 Å². The lowest BCUT2D eigenvalue weighted by Gasteiger charge is -2.30. The predicted octanol–water partition coefficient (Wildman–Crippen LogP) is 3.39. The third-order valence-electron chi connectivity index (χ3n) is 5.26. The van der Waals surface area contributed by atoms with Crippen LogP contribution >= 0.6 is 0 Å². The van der Waals surface area contributed by atoms with E-state index in [1.165, 1.54) is 10.6 Å². The van der Waals surface area contributed by atoms with Gasteiger partial charge in [0.15, 0.2) is 0 Å². The smallest absolute Gasteiger partial charge is 0.254 e. The topological polar surface area (TPSA) is 28.0 Å². The average molecular weight is 389 g/mol. The Morgan fingerprint density at radius 1 is 0.759 bits per heavy atom. The van der Waals surface area contributed by atoms with Gasteiger partial charge in [-0.2, -0.15) is 0 Å². The van der Waals surface area contributed by atoms with Crippen molar-refractivity contribution in [1.29, 1.82) is 0 Å². The summed E-state index contributed by atoms with van der Waals surface area (Å²) in [5.74, 6) is 0.00889. The molecule has 0 aliphatic heterocycles. The second-order valence-corrected chi connectivity index (χ2v) is 7.79. The molecule has 1 N–H and O–H groups in total. The van der Waals surface area contributed by atoms with Crippen LogP contribution in [0.2, 0.25) is 0 Å². The zero-order valence-electron chi connectivity index (χ0n) is 17.9. The summed E-state index contributed by atoms with van der Waals surface area (Å²) < 4.78 is 0. The molecule has 1 unspecified atom stereocenters. The standard InChI is InChI=1S/C25H29N3O/c1-26(2)22-15-11-19(12-16-22)24(20-13-17-23(18-14-20)27(3)4)28(5)25(29)21-9-7-6-8-10-21/h6-18,24H,1-5H3/p+1. The first-order valence-electron chi connectivity index (χ1n) is 9.88. The van der Waals surface area contributed by atoms with Crippen LogP contribution < -0.4 is 9.80 Å². The molecule has 1 atom stereocenters. The Bertz CT molecular complexity index is 881. The number of rotatable bonds is 6. The Morgan fingerprint density at radius 2 is 1.28 bits per heavy atom. The molecule has 29 heavy (non-hydrogen) atoms. The molecule has 0 fully saturated rings. The third-order valence-corrected chi connectivity index (χ3v) is 5.26. The number of nitrogens with one attached hydrogen (secondary N) is 1. The highest BCUT2D eigenvalue weighted by atomic mass is 16.2. The zero-order valence-corrected chi connectivity index (χ0v) is 17.9. The normalized spacial score (nSPS) is 11.9. The van der Waals surface area contributed by atoms with Crippen molar-refractivity contribution in [1.82, 2.24) is 4.90 Å². The molecule has 3 aromatic carbocycles. The molecule has 0 aromatic heterocycles. The van der Waals surface area contributed by atoms with Gasteiger partial charge in [0.2, 0.25) is 0 Å². The highest BCUT2D eigenvalue weighted by Gasteiger charge is 2.25. The van der Waals surface area contributed by atoms with Crippen LogP contribution in [0.15, 0.2) is 78.9 Å². The van der Waals surface area contributed by atoms with Crippen LogP contribution in [0.1, 0.15) is 27.5 Å². The predicted molar refractivity (Wildman–Crippen MR) is 120 cm³/mol. The maximum Gasteiger partial charge on any atom is 0.254 e. The van der Waals surface area contributed by atoms with Crippen molar-refractivity contribution in [2.45, 2.75) is 6.04 Å². The van der Waals surface area contributed by atoms with E-state index >= 15 is 0 Å². The maximum absolute atomic E-state index is 13.2. The first-order valence-corrected chi connectivity index (χ1v) is 9.88. The Balaban J connectivity index is 2.02. The van der Waals surface area contributed by atoms with Crippen LogP contribution in [-0.4, -0.2) is 46.0 Å². The second kappa shape index (κ2) is 8.93. The maximum atomic E-state index is 13.2. The van der Waals surface area contributed by atoms with E-state index in [0.29, 0.717) is 5.56 Å². The molecular formula is C25H30N3O+. The van der Waals surface area contributed by atoms with Gasteiger partial charge in [0, 0.05) is 32.4 Å². The fraction of sp³-hybridized carbons (Fsp3) is 0.240. The Morgan fingerprint density at radius 3 is 1.76 bits per heavy atom. The number of benzene rings is 3. The SMILES string of the molecule is CN(C)c1ccc(C(c2ccc([NH+](C)C)cc2)N(C)C(=O)c2ccccc2)cc1. The van der Waals surface area contributed by atoms with Gasteiger partial charge < -0.3 is 14.7 Å². The fourth-order valence-corrected chi connectivity index (χ4v) is 3.49. The van der Waals surface area contributed by atoms with Crippen LogP contribution in [0.3, 0.4) is 0 Å². The fourth-order valence-electron chi connectivity index (χ4n) is 3.49. The van der Waals surface area contributed by atoms with Crippen LogP contribution in [0.4, 0.5) is 11.4 Å². The Labute approximate surface area is 174 Å². The van der Waals surface area contributed by atoms with Crippen molar-refractivity contribution in [3.05, 3.63) is 95.6 Å². The first-order chi connectivity index (χ1) is 13.9. The quantitative estimate of drug-likeness (QED) is 0.701. The molecule has 3 rings (SSSR count). The number of hydrogen-bond acceptors (Lipinski definition) is 2. The third kappa shape index (κ3) is 4.66. The molecule has 0 spiro atoms. The lowest BCUT2D eigenvalue weighted by Crippen LogP contribution is -3.00. The molecule has 0 saturated heterocycles. The molecule has 1 amide bonds. The van der Waals surface area contributed by atoms with E-state index in [2.05, 4.69) is 67.5 Å². The lowest BCUT2D eigenvalue weighted by molar-refractivity contribution is -0.786. The summed E-state index contributed by atoms with van der Waals surface area (Å²) in [6, 6.07) is 26.2. The molecule has 150 valence electrons. The molecule has 0 radical (unpaired) electrons. The van der Waals surface area contributed by atoms with Crippen LogP contribution in [-0.2, 0) is 0 Å². The van der Waals surface area contributed by atoms with E-state index in [0.717, 1.165) is 16.8 Å². The zero-order chi connectivity index (χ0) is 21.0. The van der Waals surface area contributed by atoms with Crippen LogP contribution in [0, 0.1) is 0 Å². The van der Waals surface area contributed by atoms with Crippen molar-refractivity contribution in [2.24, 2.45) is 0 Å². The molecule has 0 aliphatic carbocycles. The number of amides is 1. The number of carbonyl (C=O) groups excluding carboxylic acids is 1. The highest BCUT2D eigenvalue weighted by Crippen LogP contribution is 2.30. The van der Waals surface area contributed by atoms with Gasteiger partial charge >= 0.3 is 0 Å². The number of nitrogens with zero attached hydrogens (tertiary/aromatic N) is 2. The number of quaternary nitrogens is 1. The van der Waals surface area contributed by atoms with E-state index < -0.39 is 0 Å². The number of hydrogen-bond donors (Lipinski definition) is 1. The van der Waals surface area contributed by atoms with E-state index in [-0.39, 0.29) is 11.9 Å². The monoisotopic (exact) mass is 388 g/mol. The van der Waals surface area contributed by atoms with E-state index in [9.17, 15) is 4.79 Å². The van der Waals surface area contributed by atoms with Crippen molar-refractivity contribution >= 4 is 17.3 Å². The number of carbonyl (C=O) groups is 1. The summed E-state index contributed by atoms with van der Waals surface area (Å²) in [4.78, 5) is 18.4. The Hall–Kier alpha value is -3.11. The van der Waals surface area contributed by atoms with Crippen molar-refractivity contribution in [3.8, 4) is 0 Å². The summed E-state index contributed by atoms with van der Waals surface area (Å²) in [5.41, 5.74) is 5.23. The molecule has 4 heteroatoms. The van der Waals surface area contributed by atoms with Gasteiger partial charge in [0.25, 0.3) is 5.91 Å². The minimum atomic E-state index is -0.162. The van der Waals surface area contributed by atoms with Gasteiger partial charge in [-0.1, -0.05) is 42.5 Å². The Kier molecular flexibility index (Phi) is 6.35. The summed E-state index contributed by atoms with van der Waals surface area (Å²) in [7, 11) is 10.2. The van der Waals surface area contributed by atoms with Gasteiger partial charge in [-0.15, -0.1) is 0 Å². The van der Waals surface area contributed by atoms with E-state index in [4.69, 9.17) is 0 Å². The van der Waals surface area contributed by atoms with Gasteiger partial charge in [0.05, 0.1) is 20.1 Å². The summed E-state index contributed by atoms with van der Waals surface area (Å²) >= 11 is 0. The summed E-state index contributed by atoms with van der Waals surface area (Å²) in [6.07, 6.45) is 0. The number of anilines is 1. The minimum Gasteiger partial charge on any atom is -0.378 e. The summed E-state index contributed by atoms with van der Waals surface area (Å²) in [5, 5.41) is 0. The highest BCUT2D eigenvalue weighted by molar-refractivity contribution is 5.94. The van der Waals surface area contributed by atoms with E-state index in [1.54, 1.807) is 0 Å². The summed E-state index contributed by atoms with van der Waals surface area (Å²) in [6.45, 7) is 0. The second-order valence-electron chi connectivity index (χ2n) is 7.79. The van der Waals surface area contributed by atoms with Crippen molar-refractivity contribution in [3.63, 3.8) is 0 Å². The molecule has 4 nitrogen and oxygen atoms in total.